The SMILES string of the molecule is CN=C(NCc1ccc(COCC(F)(F)F)cc1)NCc1ncc(C)c(OC)c1C. The Kier molecular flexibility index (Phi) is 8.46. The molecule has 9 heteroatoms. The van der Waals surface area contributed by atoms with Crippen LogP contribution in [0.5, 0.6) is 5.75 Å². The third-order valence-corrected chi connectivity index (χ3v) is 4.41. The van der Waals surface area contributed by atoms with Gasteiger partial charge >= 0.3 is 6.18 Å². The second-order valence-electron chi connectivity index (χ2n) is 6.75. The van der Waals surface area contributed by atoms with E-state index < -0.39 is 12.8 Å². The summed E-state index contributed by atoms with van der Waals surface area (Å²) in [6, 6.07) is 7.16. The summed E-state index contributed by atoms with van der Waals surface area (Å²) in [6.45, 7) is 3.57. The van der Waals surface area contributed by atoms with Gasteiger partial charge in [-0.15, -0.1) is 0 Å². The molecule has 0 saturated heterocycles. The lowest BCUT2D eigenvalue weighted by Crippen LogP contribution is -2.36. The van der Waals surface area contributed by atoms with Gasteiger partial charge in [0, 0.05) is 30.9 Å². The zero-order valence-corrected chi connectivity index (χ0v) is 17.6. The molecule has 1 aromatic carbocycles. The maximum Gasteiger partial charge on any atom is 0.411 e. The number of guanidine groups is 1. The molecule has 0 fully saturated rings. The van der Waals surface area contributed by atoms with Crippen LogP contribution < -0.4 is 15.4 Å². The van der Waals surface area contributed by atoms with Gasteiger partial charge in [-0.05, 0) is 25.0 Å². The van der Waals surface area contributed by atoms with Gasteiger partial charge in [0.1, 0.15) is 12.4 Å². The van der Waals surface area contributed by atoms with Crippen molar-refractivity contribution in [3.63, 3.8) is 0 Å². The summed E-state index contributed by atoms with van der Waals surface area (Å²) in [4.78, 5) is 8.65. The number of aryl methyl sites for hydroxylation is 1. The van der Waals surface area contributed by atoms with Crippen molar-refractivity contribution in [2.24, 2.45) is 4.99 Å². The Labute approximate surface area is 174 Å². The van der Waals surface area contributed by atoms with E-state index >= 15 is 0 Å². The van der Waals surface area contributed by atoms with E-state index in [0.29, 0.717) is 24.6 Å². The smallest absolute Gasteiger partial charge is 0.411 e. The molecule has 0 aliphatic carbocycles. The van der Waals surface area contributed by atoms with Crippen LogP contribution in [0.25, 0.3) is 0 Å². The van der Waals surface area contributed by atoms with Gasteiger partial charge in [-0.25, -0.2) is 0 Å². The molecule has 0 spiro atoms. The van der Waals surface area contributed by atoms with Crippen molar-refractivity contribution in [1.29, 1.82) is 0 Å². The minimum absolute atomic E-state index is 0.0805. The lowest BCUT2D eigenvalue weighted by molar-refractivity contribution is -0.176. The summed E-state index contributed by atoms with van der Waals surface area (Å²) in [6.07, 6.45) is -2.54. The number of hydrogen-bond acceptors (Lipinski definition) is 4. The molecular weight excluding hydrogens is 397 g/mol. The van der Waals surface area contributed by atoms with E-state index in [-0.39, 0.29) is 6.61 Å². The molecule has 0 atom stereocenters. The van der Waals surface area contributed by atoms with Crippen molar-refractivity contribution < 1.29 is 22.6 Å². The molecule has 164 valence electrons. The van der Waals surface area contributed by atoms with Gasteiger partial charge in [0.2, 0.25) is 0 Å². The van der Waals surface area contributed by atoms with Crippen LogP contribution in [-0.2, 0) is 24.4 Å². The lowest BCUT2D eigenvalue weighted by atomic mass is 10.1. The molecule has 1 aromatic heterocycles. The number of rotatable bonds is 8. The Morgan fingerprint density at radius 1 is 1.07 bits per heavy atom. The zero-order valence-electron chi connectivity index (χ0n) is 17.6. The number of aromatic nitrogens is 1. The van der Waals surface area contributed by atoms with E-state index in [0.717, 1.165) is 28.1 Å². The molecule has 0 amide bonds. The van der Waals surface area contributed by atoms with Gasteiger partial charge in [-0.3, -0.25) is 9.98 Å². The van der Waals surface area contributed by atoms with E-state index in [1.54, 1.807) is 32.5 Å². The van der Waals surface area contributed by atoms with E-state index in [4.69, 9.17) is 4.74 Å². The van der Waals surface area contributed by atoms with Crippen LogP contribution >= 0.6 is 0 Å². The fourth-order valence-corrected chi connectivity index (χ4v) is 2.86. The number of ether oxygens (including phenoxy) is 2. The third-order valence-electron chi connectivity index (χ3n) is 4.41. The third kappa shape index (κ3) is 7.22. The number of nitrogens with zero attached hydrogens (tertiary/aromatic N) is 2. The fourth-order valence-electron chi connectivity index (χ4n) is 2.86. The summed E-state index contributed by atoms with van der Waals surface area (Å²) in [5, 5.41) is 6.41. The summed E-state index contributed by atoms with van der Waals surface area (Å²) in [5.74, 6) is 1.43. The standard InChI is InChI=1S/C21H27F3N4O2/c1-14-9-26-18(15(2)19(14)29-4)11-28-20(25-3)27-10-16-5-7-17(8-6-16)12-30-13-21(22,23)24/h5-9H,10-13H2,1-4H3,(H2,25,27,28). The van der Waals surface area contributed by atoms with E-state index in [1.165, 1.54) is 0 Å². The predicted molar refractivity (Wildman–Crippen MR) is 109 cm³/mol. The Morgan fingerprint density at radius 2 is 1.70 bits per heavy atom. The van der Waals surface area contributed by atoms with Gasteiger partial charge < -0.3 is 20.1 Å². The van der Waals surface area contributed by atoms with Gasteiger partial charge in [0.15, 0.2) is 5.96 Å². The Hall–Kier alpha value is -2.81. The van der Waals surface area contributed by atoms with Gasteiger partial charge in [-0.1, -0.05) is 24.3 Å². The van der Waals surface area contributed by atoms with Crippen molar-refractivity contribution in [3.8, 4) is 5.75 Å². The first-order chi connectivity index (χ1) is 14.2. The van der Waals surface area contributed by atoms with Crippen molar-refractivity contribution in [2.75, 3.05) is 20.8 Å². The first-order valence-corrected chi connectivity index (χ1v) is 9.39. The topological polar surface area (TPSA) is 67.8 Å². The highest BCUT2D eigenvalue weighted by molar-refractivity contribution is 5.79. The predicted octanol–water partition coefficient (Wildman–Crippen LogP) is 3.65. The minimum atomic E-state index is -4.31. The Morgan fingerprint density at radius 3 is 2.30 bits per heavy atom. The Balaban J connectivity index is 1.84. The highest BCUT2D eigenvalue weighted by Crippen LogP contribution is 2.23. The van der Waals surface area contributed by atoms with E-state index in [2.05, 4.69) is 25.3 Å². The fraction of sp³-hybridized carbons (Fsp3) is 0.429. The molecule has 0 bridgehead atoms. The number of benzene rings is 1. The van der Waals surface area contributed by atoms with Crippen LogP contribution in [0.15, 0.2) is 35.5 Å². The summed E-state index contributed by atoms with van der Waals surface area (Å²) in [7, 11) is 3.31. The highest BCUT2D eigenvalue weighted by Gasteiger charge is 2.27. The van der Waals surface area contributed by atoms with Crippen molar-refractivity contribution >= 4 is 5.96 Å². The zero-order chi connectivity index (χ0) is 22.1. The molecule has 0 aliphatic rings. The normalized spacial score (nSPS) is 12.0. The number of pyridine rings is 1. The molecule has 6 nitrogen and oxygen atoms in total. The molecule has 2 N–H and O–H groups in total. The van der Waals surface area contributed by atoms with Crippen LogP contribution in [0.2, 0.25) is 0 Å². The molecule has 2 aromatic rings. The Bertz CT molecular complexity index is 853. The summed E-state index contributed by atoms with van der Waals surface area (Å²) in [5.41, 5.74) is 4.46. The van der Waals surface area contributed by atoms with Crippen LogP contribution in [0, 0.1) is 13.8 Å². The highest BCUT2D eigenvalue weighted by atomic mass is 19.4. The minimum Gasteiger partial charge on any atom is -0.496 e. The summed E-state index contributed by atoms with van der Waals surface area (Å²) >= 11 is 0. The molecular formula is C21H27F3N4O2. The van der Waals surface area contributed by atoms with Crippen molar-refractivity contribution in [1.82, 2.24) is 15.6 Å². The number of alkyl halides is 3. The molecule has 30 heavy (non-hydrogen) atoms. The van der Waals surface area contributed by atoms with Gasteiger partial charge in [0.25, 0.3) is 0 Å². The first kappa shape index (κ1) is 23.5. The molecule has 0 unspecified atom stereocenters. The number of nitrogens with one attached hydrogen (secondary N) is 2. The summed E-state index contributed by atoms with van der Waals surface area (Å²) < 4.78 is 46.5. The van der Waals surface area contributed by atoms with E-state index in [9.17, 15) is 13.2 Å². The van der Waals surface area contributed by atoms with Crippen LogP contribution in [0.3, 0.4) is 0 Å². The number of aliphatic imine (C=N–C) groups is 1. The number of hydrogen-bond donors (Lipinski definition) is 2. The maximum atomic E-state index is 12.1. The second-order valence-corrected chi connectivity index (χ2v) is 6.75. The molecule has 0 radical (unpaired) electrons. The molecule has 0 aliphatic heterocycles. The monoisotopic (exact) mass is 424 g/mol. The number of methoxy groups -OCH3 is 1. The number of halogens is 3. The second kappa shape index (κ2) is 10.8. The van der Waals surface area contributed by atoms with Gasteiger partial charge in [-0.2, -0.15) is 13.2 Å². The van der Waals surface area contributed by atoms with Gasteiger partial charge in [0.05, 0.1) is 26.0 Å². The lowest BCUT2D eigenvalue weighted by Gasteiger charge is -2.15. The van der Waals surface area contributed by atoms with Crippen LogP contribution in [-0.4, -0.2) is 37.9 Å². The molecule has 2 rings (SSSR count). The average molecular weight is 424 g/mol. The largest absolute Gasteiger partial charge is 0.496 e. The molecule has 1 heterocycles. The molecule has 0 saturated carbocycles. The first-order valence-electron chi connectivity index (χ1n) is 9.39. The van der Waals surface area contributed by atoms with Crippen molar-refractivity contribution in [2.45, 2.75) is 39.7 Å². The quantitative estimate of drug-likeness (QED) is 0.500. The van der Waals surface area contributed by atoms with Crippen LogP contribution in [0.1, 0.15) is 27.9 Å². The van der Waals surface area contributed by atoms with Crippen molar-refractivity contribution in [3.05, 3.63) is 58.4 Å². The average Bonchev–Trinajstić information content (AvgIpc) is 2.70. The van der Waals surface area contributed by atoms with E-state index in [1.807, 2.05) is 26.0 Å². The maximum absolute atomic E-state index is 12.1. The van der Waals surface area contributed by atoms with Crippen LogP contribution in [0.4, 0.5) is 13.2 Å².